The maximum atomic E-state index is 11.4. The first-order chi connectivity index (χ1) is 15.5. The standard InChI is InChI=1S/C27H40O5S/c1-9-27(10-2,24-14-19(4)22(33-24)15-31-17-25(29)30-8)20-11-12-21(18(3)13-20)32-16-23(28)26(5,6)7/h11-14,23,28H,9-10,15-17H2,1-8H3. The van der Waals surface area contributed by atoms with Crippen LogP contribution in [0.1, 0.15) is 73.9 Å². The Morgan fingerprint density at radius 3 is 2.30 bits per heavy atom. The molecule has 1 atom stereocenters. The van der Waals surface area contributed by atoms with Crippen molar-refractivity contribution in [1.82, 2.24) is 0 Å². The molecular formula is C27H40O5S. The topological polar surface area (TPSA) is 65.0 Å². The van der Waals surface area contributed by atoms with Crippen molar-refractivity contribution in [3.05, 3.63) is 50.7 Å². The van der Waals surface area contributed by atoms with E-state index in [2.05, 4.69) is 50.6 Å². The first kappa shape index (κ1) is 27.4. The molecule has 2 aromatic rings. The first-order valence-electron chi connectivity index (χ1n) is 11.6. The lowest BCUT2D eigenvalue weighted by atomic mass is 9.74. The van der Waals surface area contributed by atoms with Crippen molar-refractivity contribution in [2.24, 2.45) is 5.41 Å². The van der Waals surface area contributed by atoms with E-state index in [1.807, 2.05) is 26.8 Å². The van der Waals surface area contributed by atoms with Gasteiger partial charge in [-0.05, 0) is 60.9 Å². The van der Waals surface area contributed by atoms with Crippen molar-refractivity contribution in [3.8, 4) is 5.75 Å². The monoisotopic (exact) mass is 476 g/mol. The molecule has 0 radical (unpaired) electrons. The lowest BCUT2D eigenvalue weighted by molar-refractivity contribution is -0.146. The van der Waals surface area contributed by atoms with Crippen LogP contribution in [-0.2, 0) is 26.3 Å². The van der Waals surface area contributed by atoms with Crippen LogP contribution < -0.4 is 4.74 Å². The van der Waals surface area contributed by atoms with Crippen LogP contribution in [-0.4, -0.2) is 37.5 Å². The molecule has 1 unspecified atom stereocenters. The quantitative estimate of drug-likeness (QED) is 0.406. The summed E-state index contributed by atoms with van der Waals surface area (Å²) in [6.45, 7) is 15.3. The van der Waals surface area contributed by atoms with Gasteiger partial charge in [-0.25, -0.2) is 4.79 Å². The first-order valence-corrected chi connectivity index (χ1v) is 12.5. The number of hydrogen-bond donors (Lipinski definition) is 1. The van der Waals surface area contributed by atoms with E-state index in [0.29, 0.717) is 6.61 Å². The van der Waals surface area contributed by atoms with E-state index >= 15 is 0 Å². The molecule has 0 aliphatic rings. The summed E-state index contributed by atoms with van der Waals surface area (Å²) < 4.78 is 16.2. The summed E-state index contributed by atoms with van der Waals surface area (Å²) in [5, 5.41) is 10.3. The van der Waals surface area contributed by atoms with Gasteiger partial charge in [0.25, 0.3) is 0 Å². The predicted molar refractivity (Wildman–Crippen MR) is 134 cm³/mol. The van der Waals surface area contributed by atoms with Crippen LogP contribution in [0.4, 0.5) is 0 Å². The minimum atomic E-state index is -0.532. The highest BCUT2D eigenvalue weighted by Crippen LogP contribution is 2.44. The molecule has 0 aliphatic heterocycles. The fourth-order valence-electron chi connectivity index (χ4n) is 3.86. The van der Waals surface area contributed by atoms with Crippen molar-refractivity contribution in [1.29, 1.82) is 0 Å². The van der Waals surface area contributed by atoms with Crippen molar-refractivity contribution in [2.75, 3.05) is 20.3 Å². The number of carbonyl (C=O) groups excluding carboxylic acids is 1. The fourth-order valence-corrected chi connectivity index (χ4v) is 5.33. The van der Waals surface area contributed by atoms with Gasteiger partial charge in [-0.15, -0.1) is 11.3 Å². The zero-order valence-electron chi connectivity index (χ0n) is 21.4. The van der Waals surface area contributed by atoms with E-state index in [-0.39, 0.29) is 30.0 Å². The molecule has 1 aromatic heterocycles. The molecular weight excluding hydrogens is 436 g/mol. The zero-order valence-corrected chi connectivity index (χ0v) is 22.2. The highest BCUT2D eigenvalue weighted by Gasteiger charge is 2.33. The minimum Gasteiger partial charge on any atom is -0.491 e. The van der Waals surface area contributed by atoms with Gasteiger partial charge in [-0.3, -0.25) is 0 Å². The number of esters is 1. The molecule has 0 fully saturated rings. The molecule has 1 aromatic carbocycles. The second kappa shape index (κ2) is 11.5. The number of aliphatic hydroxyl groups excluding tert-OH is 1. The Morgan fingerprint density at radius 2 is 1.76 bits per heavy atom. The number of hydrogen-bond acceptors (Lipinski definition) is 6. The average molecular weight is 477 g/mol. The van der Waals surface area contributed by atoms with Gasteiger partial charge in [0.2, 0.25) is 0 Å². The van der Waals surface area contributed by atoms with E-state index in [4.69, 9.17) is 9.47 Å². The van der Waals surface area contributed by atoms with Gasteiger partial charge in [-0.1, -0.05) is 46.8 Å². The van der Waals surface area contributed by atoms with E-state index < -0.39 is 6.10 Å². The molecule has 2 rings (SSSR count). The Kier molecular flexibility index (Phi) is 9.53. The Labute approximate surface area is 203 Å². The lowest BCUT2D eigenvalue weighted by Crippen LogP contribution is -2.32. The average Bonchev–Trinajstić information content (AvgIpc) is 3.14. The summed E-state index contributed by atoms with van der Waals surface area (Å²) in [7, 11) is 1.36. The number of benzene rings is 1. The number of aliphatic hydroxyl groups is 1. The van der Waals surface area contributed by atoms with Crippen molar-refractivity contribution in [3.63, 3.8) is 0 Å². The minimum absolute atomic E-state index is 0.0412. The Morgan fingerprint density at radius 1 is 1.09 bits per heavy atom. The van der Waals surface area contributed by atoms with Crippen LogP contribution in [0.3, 0.4) is 0 Å². The van der Waals surface area contributed by atoms with Gasteiger partial charge in [-0.2, -0.15) is 0 Å². The van der Waals surface area contributed by atoms with Crippen LogP contribution in [0.15, 0.2) is 24.3 Å². The smallest absolute Gasteiger partial charge is 0.331 e. The molecule has 0 saturated heterocycles. The molecule has 5 nitrogen and oxygen atoms in total. The molecule has 0 aliphatic carbocycles. The number of ether oxygens (including phenoxy) is 3. The van der Waals surface area contributed by atoms with Crippen LogP contribution in [0, 0.1) is 19.3 Å². The number of methoxy groups -OCH3 is 1. The number of aryl methyl sites for hydroxylation is 2. The largest absolute Gasteiger partial charge is 0.491 e. The predicted octanol–water partition coefficient (Wildman–Crippen LogP) is 5.95. The maximum absolute atomic E-state index is 11.4. The SMILES string of the molecule is CCC(CC)(c1ccc(OCC(O)C(C)(C)C)c(C)c1)c1cc(C)c(COCC(=O)OC)s1. The molecule has 0 amide bonds. The van der Waals surface area contributed by atoms with Crippen molar-refractivity contribution >= 4 is 17.3 Å². The van der Waals surface area contributed by atoms with Crippen LogP contribution in [0.5, 0.6) is 5.75 Å². The van der Waals surface area contributed by atoms with Gasteiger partial charge in [0, 0.05) is 15.2 Å². The third-order valence-corrected chi connectivity index (χ3v) is 7.92. The van der Waals surface area contributed by atoms with Gasteiger partial charge in [0.15, 0.2) is 0 Å². The Hall–Kier alpha value is -1.89. The molecule has 1 N–H and O–H groups in total. The van der Waals surface area contributed by atoms with E-state index in [1.165, 1.54) is 23.1 Å². The molecule has 6 heteroatoms. The van der Waals surface area contributed by atoms with Gasteiger partial charge in [0.1, 0.15) is 19.0 Å². The van der Waals surface area contributed by atoms with Crippen LogP contribution >= 0.6 is 11.3 Å². The van der Waals surface area contributed by atoms with E-state index in [9.17, 15) is 9.90 Å². The zero-order chi connectivity index (χ0) is 24.8. The Bertz CT molecular complexity index is 921. The molecule has 0 spiro atoms. The highest BCUT2D eigenvalue weighted by molar-refractivity contribution is 7.12. The number of carbonyl (C=O) groups is 1. The maximum Gasteiger partial charge on any atom is 0.331 e. The van der Waals surface area contributed by atoms with Crippen molar-refractivity contribution in [2.45, 2.75) is 79.4 Å². The summed E-state index contributed by atoms with van der Waals surface area (Å²) >= 11 is 1.76. The molecule has 0 bridgehead atoms. The highest BCUT2D eigenvalue weighted by atomic mass is 32.1. The summed E-state index contributed by atoms with van der Waals surface area (Å²) in [5.74, 6) is 0.441. The third-order valence-electron chi connectivity index (χ3n) is 6.50. The molecule has 33 heavy (non-hydrogen) atoms. The fraction of sp³-hybridized carbons (Fsp3) is 0.593. The van der Waals surface area contributed by atoms with Crippen LogP contribution in [0.2, 0.25) is 0 Å². The van der Waals surface area contributed by atoms with Gasteiger partial charge in [0.05, 0.1) is 19.8 Å². The summed E-state index contributed by atoms with van der Waals surface area (Å²) in [6, 6.07) is 8.66. The third kappa shape index (κ3) is 6.58. The normalized spacial score (nSPS) is 13.1. The number of thiophene rings is 1. The number of rotatable bonds is 11. The second-order valence-corrected chi connectivity index (χ2v) is 10.9. The van der Waals surface area contributed by atoms with Gasteiger partial charge >= 0.3 is 5.97 Å². The van der Waals surface area contributed by atoms with Crippen molar-refractivity contribution < 1.29 is 24.1 Å². The molecule has 0 saturated carbocycles. The molecule has 1 heterocycles. The van der Waals surface area contributed by atoms with Crippen LogP contribution in [0.25, 0.3) is 0 Å². The second-order valence-electron chi connectivity index (χ2n) is 9.75. The van der Waals surface area contributed by atoms with E-state index in [1.54, 1.807) is 11.3 Å². The molecule has 184 valence electrons. The Balaban J connectivity index is 2.27. The summed E-state index contributed by atoms with van der Waals surface area (Å²) in [5.41, 5.74) is 3.18. The summed E-state index contributed by atoms with van der Waals surface area (Å²) in [6.07, 6.45) is 1.40. The van der Waals surface area contributed by atoms with Gasteiger partial charge < -0.3 is 19.3 Å². The summed E-state index contributed by atoms with van der Waals surface area (Å²) in [4.78, 5) is 13.8. The van der Waals surface area contributed by atoms with E-state index in [0.717, 1.165) is 29.0 Å². The lowest BCUT2D eigenvalue weighted by Gasteiger charge is -2.32.